The number of para-hydroxylation sites is 2. The zero-order chi connectivity index (χ0) is 21.2. The number of piperidine rings is 1. The van der Waals surface area contributed by atoms with E-state index >= 15 is 0 Å². The smallest absolute Gasteiger partial charge is 0.312 e. The highest BCUT2D eigenvalue weighted by molar-refractivity contribution is 5.80. The molecule has 2 aromatic rings. The maximum absolute atomic E-state index is 12.7. The number of hydrogen-bond donors (Lipinski definition) is 0. The van der Waals surface area contributed by atoms with Gasteiger partial charge in [0.2, 0.25) is 0 Å². The molecule has 0 radical (unpaired) electrons. The summed E-state index contributed by atoms with van der Waals surface area (Å²) in [5.41, 5.74) is -0.623. The van der Waals surface area contributed by atoms with Gasteiger partial charge in [-0.25, -0.2) is 0 Å². The number of amides is 1. The molecular formula is C24H29NO5. The molecule has 0 aliphatic carbocycles. The van der Waals surface area contributed by atoms with Crippen LogP contribution in [0.3, 0.4) is 0 Å². The third-order valence-corrected chi connectivity index (χ3v) is 5.48. The Hall–Kier alpha value is -3.02. The molecule has 1 aliphatic rings. The molecule has 6 nitrogen and oxygen atoms in total. The van der Waals surface area contributed by atoms with E-state index in [1.165, 1.54) is 0 Å². The molecule has 1 fully saturated rings. The van der Waals surface area contributed by atoms with Gasteiger partial charge in [0.1, 0.15) is 11.5 Å². The molecule has 1 aliphatic heterocycles. The summed E-state index contributed by atoms with van der Waals surface area (Å²) in [4.78, 5) is 27.0. The Morgan fingerprint density at radius 2 is 1.47 bits per heavy atom. The fraction of sp³-hybridized carbons (Fsp3) is 0.417. The quantitative estimate of drug-likeness (QED) is 0.589. The van der Waals surface area contributed by atoms with E-state index in [0.29, 0.717) is 51.3 Å². The molecule has 30 heavy (non-hydrogen) atoms. The predicted octanol–water partition coefficient (Wildman–Crippen LogP) is 3.71. The fourth-order valence-electron chi connectivity index (χ4n) is 3.66. The topological polar surface area (TPSA) is 65.1 Å². The monoisotopic (exact) mass is 411 g/mol. The van der Waals surface area contributed by atoms with Crippen molar-refractivity contribution in [3.05, 3.63) is 60.7 Å². The van der Waals surface area contributed by atoms with Crippen molar-refractivity contribution in [2.45, 2.75) is 26.2 Å². The number of likely N-dealkylation sites (tertiary alicyclic amines) is 1. The van der Waals surface area contributed by atoms with Crippen LogP contribution in [-0.2, 0) is 14.3 Å². The zero-order valence-corrected chi connectivity index (χ0v) is 17.4. The van der Waals surface area contributed by atoms with Gasteiger partial charge in [0.05, 0.1) is 18.6 Å². The first-order valence-electron chi connectivity index (χ1n) is 10.4. The van der Waals surface area contributed by atoms with Crippen LogP contribution in [0, 0.1) is 5.41 Å². The molecule has 0 atom stereocenters. The first-order chi connectivity index (χ1) is 14.6. The number of carbonyl (C=O) groups excluding carboxylic acids is 2. The van der Waals surface area contributed by atoms with Gasteiger partial charge in [-0.05, 0) is 50.5 Å². The molecule has 0 unspecified atom stereocenters. The zero-order valence-electron chi connectivity index (χ0n) is 17.4. The lowest BCUT2D eigenvalue weighted by atomic mass is 9.75. The lowest BCUT2D eigenvalue weighted by Crippen LogP contribution is -2.48. The second-order valence-electron chi connectivity index (χ2n) is 7.39. The van der Waals surface area contributed by atoms with Gasteiger partial charge in [-0.15, -0.1) is 0 Å². The molecule has 0 bridgehead atoms. The summed E-state index contributed by atoms with van der Waals surface area (Å²) >= 11 is 0. The first kappa shape index (κ1) is 21.7. The van der Waals surface area contributed by atoms with Gasteiger partial charge >= 0.3 is 5.97 Å². The lowest BCUT2D eigenvalue weighted by molar-refractivity contribution is -0.161. The minimum absolute atomic E-state index is 0.00641. The van der Waals surface area contributed by atoms with Crippen LogP contribution in [0.25, 0.3) is 0 Å². The minimum Gasteiger partial charge on any atom is -0.494 e. The average Bonchev–Trinajstić information content (AvgIpc) is 2.79. The van der Waals surface area contributed by atoms with Crippen molar-refractivity contribution in [3.63, 3.8) is 0 Å². The van der Waals surface area contributed by atoms with Gasteiger partial charge in [-0.2, -0.15) is 0 Å². The first-order valence-corrected chi connectivity index (χ1v) is 10.4. The summed E-state index contributed by atoms with van der Waals surface area (Å²) in [5.74, 6) is 1.18. The van der Waals surface area contributed by atoms with E-state index in [1.807, 2.05) is 67.6 Å². The Balaban J connectivity index is 1.54. The Bertz CT molecular complexity index is 801. The molecule has 2 aromatic carbocycles. The molecule has 1 heterocycles. The van der Waals surface area contributed by atoms with Crippen LogP contribution in [0.5, 0.6) is 11.5 Å². The summed E-state index contributed by atoms with van der Waals surface area (Å²) in [6.45, 7) is 3.57. The third kappa shape index (κ3) is 5.75. The second-order valence-corrected chi connectivity index (χ2v) is 7.39. The van der Waals surface area contributed by atoms with E-state index in [4.69, 9.17) is 14.2 Å². The van der Waals surface area contributed by atoms with Crippen molar-refractivity contribution in [3.8, 4) is 11.5 Å². The maximum atomic E-state index is 12.7. The normalized spacial score (nSPS) is 15.3. The van der Waals surface area contributed by atoms with Crippen LogP contribution >= 0.6 is 0 Å². The number of esters is 1. The summed E-state index contributed by atoms with van der Waals surface area (Å²) < 4.78 is 16.8. The Morgan fingerprint density at radius 1 is 0.900 bits per heavy atom. The Kier molecular flexibility index (Phi) is 7.71. The number of nitrogens with zero attached hydrogens (tertiary/aromatic N) is 1. The number of rotatable bonds is 9. The SMILES string of the molecule is CCOC(=O)C1(CCOc2ccccc2)CCN(C(=O)COc2ccccc2)CC1. The molecule has 0 spiro atoms. The molecule has 0 N–H and O–H groups in total. The van der Waals surface area contributed by atoms with Crippen molar-refractivity contribution in [1.29, 1.82) is 0 Å². The van der Waals surface area contributed by atoms with Crippen LogP contribution in [0.2, 0.25) is 0 Å². The predicted molar refractivity (Wildman–Crippen MR) is 113 cm³/mol. The molecule has 160 valence electrons. The maximum Gasteiger partial charge on any atom is 0.312 e. The fourth-order valence-corrected chi connectivity index (χ4v) is 3.66. The lowest BCUT2D eigenvalue weighted by Gasteiger charge is -2.39. The van der Waals surface area contributed by atoms with Gasteiger partial charge in [0.25, 0.3) is 5.91 Å². The van der Waals surface area contributed by atoms with Gasteiger partial charge in [0.15, 0.2) is 6.61 Å². The Morgan fingerprint density at radius 3 is 2.03 bits per heavy atom. The van der Waals surface area contributed by atoms with E-state index in [-0.39, 0.29) is 18.5 Å². The third-order valence-electron chi connectivity index (χ3n) is 5.48. The summed E-state index contributed by atoms with van der Waals surface area (Å²) in [7, 11) is 0. The van der Waals surface area contributed by atoms with E-state index in [1.54, 1.807) is 4.90 Å². The van der Waals surface area contributed by atoms with Gasteiger partial charge in [-0.3, -0.25) is 9.59 Å². The van der Waals surface area contributed by atoms with Crippen LogP contribution in [0.15, 0.2) is 60.7 Å². The second kappa shape index (κ2) is 10.7. The molecule has 6 heteroatoms. The van der Waals surface area contributed by atoms with Gasteiger partial charge in [-0.1, -0.05) is 36.4 Å². The van der Waals surface area contributed by atoms with Crippen LogP contribution in [0.1, 0.15) is 26.2 Å². The number of benzene rings is 2. The van der Waals surface area contributed by atoms with Crippen molar-refractivity contribution >= 4 is 11.9 Å². The number of ether oxygens (including phenoxy) is 3. The van der Waals surface area contributed by atoms with Crippen molar-refractivity contribution < 1.29 is 23.8 Å². The highest BCUT2D eigenvalue weighted by Gasteiger charge is 2.43. The van der Waals surface area contributed by atoms with E-state index in [9.17, 15) is 9.59 Å². The van der Waals surface area contributed by atoms with E-state index in [0.717, 1.165) is 5.75 Å². The van der Waals surface area contributed by atoms with Crippen LogP contribution < -0.4 is 9.47 Å². The number of hydrogen-bond acceptors (Lipinski definition) is 5. The molecule has 0 aromatic heterocycles. The average molecular weight is 411 g/mol. The highest BCUT2D eigenvalue weighted by atomic mass is 16.5. The highest BCUT2D eigenvalue weighted by Crippen LogP contribution is 2.37. The molecule has 1 saturated heterocycles. The summed E-state index contributed by atoms with van der Waals surface area (Å²) in [5, 5.41) is 0. The summed E-state index contributed by atoms with van der Waals surface area (Å²) in [6.07, 6.45) is 1.67. The molecule has 0 saturated carbocycles. The largest absolute Gasteiger partial charge is 0.494 e. The van der Waals surface area contributed by atoms with Gasteiger partial charge < -0.3 is 19.1 Å². The standard InChI is InChI=1S/C24H29NO5/c1-2-28-23(27)24(15-18-29-20-9-5-3-6-10-20)13-16-25(17-14-24)22(26)19-30-21-11-7-4-8-12-21/h3-12H,2,13-19H2,1H3. The van der Waals surface area contributed by atoms with Crippen LogP contribution in [-0.4, -0.2) is 49.7 Å². The number of carbonyl (C=O) groups is 2. The van der Waals surface area contributed by atoms with Crippen molar-refractivity contribution in [2.24, 2.45) is 5.41 Å². The molecular weight excluding hydrogens is 382 g/mol. The van der Waals surface area contributed by atoms with E-state index < -0.39 is 5.41 Å². The van der Waals surface area contributed by atoms with Gasteiger partial charge in [0, 0.05) is 13.1 Å². The summed E-state index contributed by atoms with van der Waals surface area (Å²) in [6, 6.07) is 18.8. The Labute approximate surface area is 177 Å². The van der Waals surface area contributed by atoms with Crippen LogP contribution in [0.4, 0.5) is 0 Å². The van der Waals surface area contributed by atoms with Crippen molar-refractivity contribution in [1.82, 2.24) is 4.90 Å². The molecule has 1 amide bonds. The molecule has 3 rings (SSSR count). The van der Waals surface area contributed by atoms with E-state index in [2.05, 4.69) is 0 Å². The minimum atomic E-state index is -0.623. The van der Waals surface area contributed by atoms with Crippen molar-refractivity contribution in [2.75, 3.05) is 32.9 Å².